The monoisotopic (exact) mass is 284 g/mol. The van der Waals surface area contributed by atoms with E-state index < -0.39 is 0 Å². The molecule has 0 unspecified atom stereocenters. The topological polar surface area (TPSA) is 46.3 Å². The summed E-state index contributed by atoms with van der Waals surface area (Å²) < 4.78 is 5.36. The molecule has 0 aliphatic heterocycles. The quantitative estimate of drug-likeness (QED) is 0.757. The van der Waals surface area contributed by atoms with Crippen LogP contribution >= 0.6 is 0 Å². The van der Waals surface area contributed by atoms with Crippen LogP contribution in [0.25, 0.3) is 6.08 Å². The van der Waals surface area contributed by atoms with Gasteiger partial charge in [-0.05, 0) is 25.0 Å². The number of aromatic nitrogens is 1. The highest BCUT2D eigenvalue weighted by Gasteiger charge is 2.17. The number of hydrogen-bond acceptors (Lipinski definition) is 3. The van der Waals surface area contributed by atoms with Crippen LogP contribution in [0.2, 0.25) is 0 Å². The molecule has 0 aliphatic rings. The normalized spacial score (nSPS) is 11.0. The second-order valence-corrected chi connectivity index (χ2v) is 4.86. The van der Waals surface area contributed by atoms with Crippen LogP contribution in [0.5, 0.6) is 0 Å². The van der Waals surface area contributed by atoms with Crippen molar-refractivity contribution in [1.82, 2.24) is 4.98 Å². The van der Waals surface area contributed by atoms with Crippen LogP contribution in [-0.4, -0.2) is 17.4 Å². The molecule has 0 radical (unpaired) electrons. The van der Waals surface area contributed by atoms with Crippen LogP contribution in [-0.2, 0) is 4.79 Å². The Morgan fingerprint density at radius 1 is 1.33 bits per heavy atom. The van der Waals surface area contributed by atoms with Gasteiger partial charge in [0.1, 0.15) is 6.26 Å². The number of unbranched alkanes of at least 4 members (excludes halogenated alkanes) is 1. The van der Waals surface area contributed by atoms with Gasteiger partial charge in [0.05, 0.1) is 5.69 Å². The molecule has 2 aromatic rings. The molecule has 0 aliphatic carbocycles. The Morgan fingerprint density at radius 2 is 2.10 bits per heavy atom. The van der Waals surface area contributed by atoms with E-state index in [0.717, 1.165) is 24.1 Å². The molecular formula is C17H20N2O2. The van der Waals surface area contributed by atoms with Crippen molar-refractivity contribution in [2.24, 2.45) is 0 Å². The summed E-state index contributed by atoms with van der Waals surface area (Å²) in [7, 11) is 0. The van der Waals surface area contributed by atoms with Gasteiger partial charge in [-0.2, -0.15) is 4.98 Å². The zero-order chi connectivity index (χ0) is 15.1. The molecule has 110 valence electrons. The maximum absolute atomic E-state index is 12.4. The summed E-state index contributed by atoms with van der Waals surface area (Å²) in [5, 5.41) is 0. The number of anilines is 1. The highest BCUT2D eigenvalue weighted by Crippen LogP contribution is 2.15. The van der Waals surface area contributed by atoms with Gasteiger partial charge in [0.25, 0.3) is 5.91 Å². The van der Waals surface area contributed by atoms with Crippen molar-refractivity contribution >= 4 is 18.0 Å². The second kappa shape index (κ2) is 7.43. The maximum atomic E-state index is 12.4. The minimum Gasteiger partial charge on any atom is -0.431 e. The second-order valence-electron chi connectivity index (χ2n) is 4.86. The summed E-state index contributed by atoms with van der Waals surface area (Å²) in [6.07, 6.45) is 6.84. The summed E-state index contributed by atoms with van der Waals surface area (Å²) in [4.78, 5) is 18.2. The third kappa shape index (κ3) is 4.31. The highest BCUT2D eigenvalue weighted by atomic mass is 16.4. The highest BCUT2D eigenvalue weighted by molar-refractivity contribution is 6.02. The molecule has 0 N–H and O–H groups in total. The van der Waals surface area contributed by atoms with Gasteiger partial charge in [-0.15, -0.1) is 0 Å². The third-order valence-corrected chi connectivity index (χ3v) is 3.06. The van der Waals surface area contributed by atoms with Gasteiger partial charge < -0.3 is 4.42 Å². The van der Waals surface area contributed by atoms with Gasteiger partial charge in [-0.3, -0.25) is 9.69 Å². The summed E-state index contributed by atoms with van der Waals surface area (Å²) in [6.45, 7) is 4.53. The van der Waals surface area contributed by atoms with Crippen LogP contribution in [0.3, 0.4) is 0 Å². The zero-order valence-corrected chi connectivity index (χ0v) is 12.5. The van der Waals surface area contributed by atoms with Crippen LogP contribution < -0.4 is 4.90 Å². The molecular weight excluding hydrogens is 264 g/mol. The van der Waals surface area contributed by atoms with Gasteiger partial charge in [-0.25, -0.2) is 0 Å². The van der Waals surface area contributed by atoms with E-state index in [9.17, 15) is 4.79 Å². The number of benzene rings is 1. The molecule has 0 saturated carbocycles. The number of carbonyl (C=O) groups excluding carboxylic acids is 1. The van der Waals surface area contributed by atoms with Crippen LogP contribution in [0, 0.1) is 6.92 Å². The van der Waals surface area contributed by atoms with E-state index in [4.69, 9.17) is 4.42 Å². The van der Waals surface area contributed by atoms with E-state index in [0.29, 0.717) is 12.6 Å². The Kier molecular flexibility index (Phi) is 5.32. The minimum atomic E-state index is -0.117. The molecule has 1 aromatic carbocycles. The van der Waals surface area contributed by atoms with Gasteiger partial charge >= 0.3 is 6.01 Å². The van der Waals surface area contributed by atoms with Gasteiger partial charge in [0.15, 0.2) is 0 Å². The number of amides is 1. The zero-order valence-electron chi connectivity index (χ0n) is 12.5. The predicted octanol–water partition coefficient (Wildman–Crippen LogP) is 3.83. The molecule has 21 heavy (non-hydrogen) atoms. The molecule has 1 aromatic heterocycles. The number of aryl methyl sites for hydroxylation is 1. The first-order chi connectivity index (χ1) is 10.2. The number of carbonyl (C=O) groups is 1. The molecule has 1 heterocycles. The van der Waals surface area contributed by atoms with Crippen molar-refractivity contribution in [3.05, 3.63) is 53.9 Å². The molecule has 0 bridgehead atoms. The van der Waals surface area contributed by atoms with Crippen LogP contribution in [0.4, 0.5) is 6.01 Å². The SMILES string of the molecule is CCCCN(C(=O)C=Cc1ccccc1)c1nc(C)co1. The molecule has 0 atom stereocenters. The van der Waals surface area contributed by atoms with Gasteiger partial charge in [0, 0.05) is 12.6 Å². The molecule has 0 spiro atoms. The Bertz CT molecular complexity index is 602. The van der Waals surface area contributed by atoms with Gasteiger partial charge in [0.2, 0.25) is 0 Å². The Labute approximate surface area is 125 Å². The molecule has 4 nitrogen and oxygen atoms in total. The van der Waals surface area contributed by atoms with Crippen molar-refractivity contribution in [3.63, 3.8) is 0 Å². The maximum Gasteiger partial charge on any atom is 0.304 e. The lowest BCUT2D eigenvalue weighted by Crippen LogP contribution is -2.30. The largest absolute Gasteiger partial charge is 0.431 e. The number of hydrogen-bond donors (Lipinski definition) is 0. The van der Waals surface area contributed by atoms with E-state index in [1.54, 1.807) is 23.3 Å². The fourth-order valence-corrected chi connectivity index (χ4v) is 1.90. The average molecular weight is 284 g/mol. The van der Waals surface area contributed by atoms with E-state index in [2.05, 4.69) is 11.9 Å². The third-order valence-electron chi connectivity index (χ3n) is 3.06. The number of nitrogens with zero attached hydrogens (tertiary/aromatic N) is 2. The van der Waals surface area contributed by atoms with Crippen molar-refractivity contribution < 1.29 is 9.21 Å². The van der Waals surface area contributed by atoms with Crippen molar-refractivity contribution in [2.75, 3.05) is 11.4 Å². The molecule has 2 rings (SSSR count). The first-order valence-electron chi connectivity index (χ1n) is 7.17. The first kappa shape index (κ1) is 15.0. The Hall–Kier alpha value is -2.36. The lowest BCUT2D eigenvalue weighted by molar-refractivity contribution is -0.114. The van der Waals surface area contributed by atoms with E-state index in [1.807, 2.05) is 37.3 Å². The molecule has 4 heteroatoms. The fourth-order valence-electron chi connectivity index (χ4n) is 1.90. The summed E-state index contributed by atoms with van der Waals surface area (Å²) in [6, 6.07) is 10.1. The minimum absolute atomic E-state index is 0.117. The van der Waals surface area contributed by atoms with Crippen molar-refractivity contribution in [3.8, 4) is 0 Å². The Morgan fingerprint density at radius 3 is 2.71 bits per heavy atom. The van der Waals surface area contributed by atoms with Gasteiger partial charge in [-0.1, -0.05) is 43.7 Å². The first-order valence-corrected chi connectivity index (χ1v) is 7.17. The summed E-state index contributed by atoms with van der Waals surface area (Å²) >= 11 is 0. The van der Waals surface area contributed by atoms with Crippen molar-refractivity contribution in [1.29, 1.82) is 0 Å². The fraction of sp³-hybridized carbons (Fsp3) is 0.294. The smallest absolute Gasteiger partial charge is 0.304 e. The molecule has 1 amide bonds. The summed E-state index contributed by atoms with van der Waals surface area (Å²) in [5.74, 6) is -0.117. The van der Waals surface area contributed by atoms with Crippen LogP contribution in [0.1, 0.15) is 31.0 Å². The van der Waals surface area contributed by atoms with E-state index >= 15 is 0 Å². The number of rotatable bonds is 6. The summed E-state index contributed by atoms with van der Waals surface area (Å²) in [5.41, 5.74) is 1.76. The standard InChI is InChI=1S/C17H20N2O2/c1-3-4-12-19(17-18-14(2)13-21-17)16(20)11-10-15-8-6-5-7-9-15/h5-11,13H,3-4,12H2,1-2H3. The predicted molar refractivity (Wildman–Crippen MR) is 84.0 cm³/mol. The van der Waals surface area contributed by atoms with E-state index in [1.165, 1.54) is 0 Å². The average Bonchev–Trinajstić information content (AvgIpc) is 2.93. The van der Waals surface area contributed by atoms with Crippen molar-refractivity contribution in [2.45, 2.75) is 26.7 Å². The lowest BCUT2D eigenvalue weighted by Gasteiger charge is -2.16. The molecule has 0 saturated heterocycles. The lowest BCUT2D eigenvalue weighted by atomic mass is 10.2. The van der Waals surface area contributed by atoms with Crippen LogP contribution in [0.15, 0.2) is 47.1 Å². The molecule has 0 fully saturated rings. The van der Waals surface area contributed by atoms with E-state index in [-0.39, 0.29) is 5.91 Å². The Balaban J connectivity index is 2.12. The number of oxazole rings is 1.